The number of rotatable bonds is 6. The van der Waals surface area contributed by atoms with Crippen LogP contribution < -0.4 is 18.9 Å². The van der Waals surface area contributed by atoms with Crippen molar-refractivity contribution < 1.29 is 44.1 Å². The molecule has 0 radical (unpaired) electrons. The smallest absolute Gasteiger partial charge is 0.747 e. The Morgan fingerprint density at radius 1 is 1.18 bits per heavy atom. The molecule has 0 saturated carbocycles. The van der Waals surface area contributed by atoms with Crippen molar-refractivity contribution in [2.45, 2.75) is 44.0 Å². The van der Waals surface area contributed by atoms with Gasteiger partial charge in [-0.3, -0.25) is 0 Å². The molecular weight excluding hydrogens is 279 g/mol. The first-order chi connectivity index (χ1) is 6.96. The SMILES string of the molecule is CCC(S(=O)(=O)[O-])S(=O)(=O)O[Si](C)(C)CC.[Li+]. The molecule has 10 heteroatoms. The van der Waals surface area contributed by atoms with Gasteiger partial charge in [0.25, 0.3) is 10.1 Å². The Balaban J connectivity index is 0. The minimum atomic E-state index is -4.89. The van der Waals surface area contributed by atoms with Crippen molar-refractivity contribution >= 4 is 28.6 Å². The Labute approximate surface area is 116 Å². The molecule has 0 saturated heterocycles. The van der Waals surface area contributed by atoms with Crippen molar-refractivity contribution in [3.8, 4) is 0 Å². The third-order valence-corrected chi connectivity index (χ3v) is 9.98. The quantitative estimate of drug-likeness (QED) is 0.409. The fourth-order valence-corrected chi connectivity index (χ4v) is 6.72. The summed E-state index contributed by atoms with van der Waals surface area (Å²) in [6.45, 7) is 6.37. The number of hydrogen-bond donors (Lipinski definition) is 0. The molecule has 1 unspecified atom stereocenters. The van der Waals surface area contributed by atoms with E-state index in [1.54, 1.807) is 20.0 Å². The molecule has 0 spiro atoms. The summed E-state index contributed by atoms with van der Waals surface area (Å²) in [5.41, 5.74) is 0. The maximum absolute atomic E-state index is 11.6. The normalized spacial score (nSPS) is 15.1. The summed E-state index contributed by atoms with van der Waals surface area (Å²) in [6.07, 6.45) is -0.303. The fourth-order valence-electron chi connectivity index (χ4n) is 0.980. The molecule has 0 aliphatic heterocycles. The first kappa shape index (κ1) is 20.0. The zero-order valence-electron chi connectivity index (χ0n) is 10.8. The molecule has 0 aliphatic rings. The van der Waals surface area contributed by atoms with E-state index in [0.717, 1.165) is 0 Å². The minimum absolute atomic E-state index is 0. The first-order valence-electron chi connectivity index (χ1n) is 4.85. The standard InChI is InChI=1S/C7H18O6S2Si.Li/c1-5-7(14(8,9)10)15(11,12)13-16(3,4)6-2;/h7H,5-6H2,1-4H3,(H,8,9,10);/q;+1/p-1. The van der Waals surface area contributed by atoms with E-state index in [1.807, 2.05) is 0 Å². The molecule has 6 nitrogen and oxygen atoms in total. The summed E-state index contributed by atoms with van der Waals surface area (Å²) < 4.78 is 58.5. The third kappa shape index (κ3) is 6.38. The van der Waals surface area contributed by atoms with Gasteiger partial charge < -0.3 is 8.42 Å². The number of hydrogen-bond acceptors (Lipinski definition) is 6. The van der Waals surface area contributed by atoms with Gasteiger partial charge in [0.1, 0.15) is 10.1 Å². The van der Waals surface area contributed by atoms with E-state index in [0.29, 0.717) is 6.04 Å². The molecule has 0 N–H and O–H groups in total. The van der Waals surface area contributed by atoms with Crippen molar-refractivity contribution in [3.05, 3.63) is 0 Å². The van der Waals surface area contributed by atoms with Crippen LogP contribution in [0, 0.1) is 0 Å². The molecule has 0 aromatic heterocycles. The van der Waals surface area contributed by atoms with Crippen molar-refractivity contribution in [3.63, 3.8) is 0 Å². The van der Waals surface area contributed by atoms with Crippen LogP contribution >= 0.6 is 0 Å². The van der Waals surface area contributed by atoms with Gasteiger partial charge in [0.05, 0.1) is 0 Å². The molecule has 0 amide bonds. The van der Waals surface area contributed by atoms with E-state index < -0.39 is 33.1 Å². The molecule has 0 bridgehead atoms. The van der Waals surface area contributed by atoms with Gasteiger partial charge in [0.15, 0.2) is 4.58 Å². The predicted octanol–water partition coefficient (Wildman–Crippen LogP) is -2.16. The molecule has 0 aliphatic carbocycles. The second-order valence-corrected chi connectivity index (χ2v) is 12.3. The second-order valence-electron chi connectivity index (χ2n) is 4.02. The first-order valence-corrected chi connectivity index (χ1v) is 10.9. The van der Waals surface area contributed by atoms with Crippen molar-refractivity contribution in [1.29, 1.82) is 0 Å². The summed E-state index contributed by atoms with van der Waals surface area (Å²) in [4.78, 5) is 0. The largest absolute Gasteiger partial charge is 1.00 e. The van der Waals surface area contributed by atoms with Crippen LogP contribution in [-0.2, 0) is 24.1 Å². The monoisotopic (exact) mass is 296 g/mol. The average Bonchev–Trinajstić information content (AvgIpc) is 1.99. The van der Waals surface area contributed by atoms with E-state index in [2.05, 4.69) is 0 Å². The Hall–Kier alpha value is 0.634. The van der Waals surface area contributed by atoms with Crippen LogP contribution in [0.5, 0.6) is 0 Å². The van der Waals surface area contributed by atoms with Gasteiger partial charge in [-0.25, -0.2) is 8.42 Å². The van der Waals surface area contributed by atoms with Gasteiger partial charge in [-0.2, -0.15) is 8.42 Å². The maximum atomic E-state index is 11.6. The molecule has 0 rings (SSSR count). The van der Waals surface area contributed by atoms with E-state index in [1.165, 1.54) is 6.92 Å². The van der Waals surface area contributed by atoms with Crippen molar-refractivity contribution in [1.82, 2.24) is 0 Å². The summed E-state index contributed by atoms with van der Waals surface area (Å²) in [6, 6.07) is 0.515. The van der Waals surface area contributed by atoms with Gasteiger partial charge in [-0.15, -0.1) is 0 Å². The fraction of sp³-hybridized carbons (Fsp3) is 1.00. The van der Waals surface area contributed by atoms with Gasteiger partial charge in [-0.1, -0.05) is 13.8 Å². The van der Waals surface area contributed by atoms with E-state index in [-0.39, 0.29) is 25.3 Å². The summed E-state index contributed by atoms with van der Waals surface area (Å²) in [7, 11) is -11.7. The molecule has 17 heavy (non-hydrogen) atoms. The molecule has 0 aromatic carbocycles. The van der Waals surface area contributed by atoms with E-state index in [9.17, 15) is 21.4 Å². The third-order valence-electron chi connectivity index (χ3n) is 2.17. The van der Waals surface area contributed by atoms with Crippen LogP contribution in [0.4, 0.5) is 0 Å². The minimum Gasteiger partial charge on any atom is -0.747 e. The molecule has 98 valence electrons. The van der Waals surface area contributed by atoms with Crippen molar-refractivity contribution in [2.24, 2.45) is 0 Å². The zero-order valence-corrected chi connectivity index (χ0v) is 13.4. The van der Waals surface area contributed by atoms with Gasteiger partial charge >= 0.3 is 18.9 Å². The van der Waals surface area contributed by atoms with Gasteiger partial charge in [-0.05, 0) is 25.6 Å². The predicted molar refractivity (Wildman–Crippen MR) is 61.7 cm³/mol. The van der Waals surface area contributed by atoms with Gasteiger partial charge in [0, 0.05) is 0 Å². The maximum Gasteiger partial charge on any atom is 1.00 e. The summed E-state index contributed by atoms with van der Waals surface area (Å²) in [5.74, 6) is 0. The molecule has 0 fully saturated rings. The molecule has 1 atom stereocenters. The van der Waals surface area contributed by atoms with E-state index in [4.69, 9.17) is 3.87 Å². The van der Waals surface area contributed by atoms with Crippen LogP contribution in [0.2, 0.25) is 19.1 Å². The van der Waals surface area contributed by atoms with Crippen LogP contribution in [0.15, 0.2) is 0 Å². The summed E-state index contributed by atoms with van der Waals surface area (Å²) >= 11 is 0. The van der Waals surface area contributed by atoms with E-state index >= 15 is 0 Å². The Morgan fingerprint density at radius 2 is 1.59 bits per heavy atom. The van der Waals surface area contributed by atoms with Crippen LogP contribution in [0.25, 0.3) is 0 Å². The Kier molecular flexibility index (Phi) is 7.87. The molecule has 0 aromatic rings. The average molecular weight is 296 g/mol. The Morgan fingerprint density at radius 3 is 1.82 bits per heavy atom. The van der Waals surface area contributed by atoms with Crippen molar-refractivity contribution in [2.75, 3.05) is 0 Å². The topological polar surface area (TPSA) is 101 Å². The van der Waals surface area contributed by atoms with Crippen LogP contribution in [0.1, 0.15) is 20.3 Å². The molecular formula is C7H17LiO6S2Si. The van der Waals surface area contributed by atoms with Crippen LogP contribution in [0.3, 0.4) is 0 Å². The van der Waals surface area contributed by atoms with Gasteiger partial charge in [0.2, 0.25) is 8.32 Å². The van der Waals surface area contributed by atoms with Crippen LogP contribution in [-0.4, -0.2) is 34.3 Å². The molecule has 0 heterocycles. The summed E-state index contributed by atoms with van der Waals surface area (Å²) in [5, 5.41) is 0. The second kappa shape index (κ2) is 6.70. The zero-order chi connectivity index (χ0) is 13.2. The Bertz CT molecular complexity index is 429.